The van der Waals surface area contributed by atoms with Crippen LogP contribution in [0.2, 0.25) is 0 Å². The Balaban J connectivity index is 1.54. The second-order valence-electron chi connectivity index (χ2n) is 6.90. The standard InChI is InChI=1S/C20H21N5O2S2/c1-13-11-29-19(22-13)23-17(26)12-28-18-15-4-2-3-5-16(15)25(20(27)24-18)10-14-6-8-21-9-7-14/h6-9,11H,2-5,10,12H2,1H3,(H,22,23,26). The van der Waals surface area contributed by atoms with Gasteiger partial charge in [-0.05, 0) is 50.3 Å². The van der Waals surface area contributed by atoms with E-state index in [0.717, 1.165) is 48.2 Å². The van der Waals surface area contributed by atoms with E-state index in [2.05, 4.69) is 20.3 Å². The maximum absolute atomic E-state index is 12.8. The molecule has 3 aromatic rings. The van der Waals surface area contributed by atoms with Crippen molar-refractivity contribution in [2.45, 2.75) is 44.2 Å². The van der Waals surface area contributed by atoms with Crippen molar-refractivity contribution in [2.24, 2.45) is 0 Å². The average Bonchev–Trinajstić information content (AvgIpc) is 3.14. The van der Waals surface area contributed by atoms with E-state index in [0.29, 0.717) is 16.7 Å². The largest absolute Gasteiger partial charge is 0.349 e. The lowest BCUT2D eigenvalue weighted by atomic mass is 9.97. The molecule has 1 aliphatic carbocycles. The van der Waals surface area contributed by atoms with E-state index < -0.39 is 0 Å². The summed E-state index contributed by atoms with van der Waals surface area (Å²) < 4.78 is 1.77. The molecule has 1 N–H and O–H groups in total. The molecule has 0 aliphatic heterocycles. The van der Waals surface area contributed by atoms with Gasteiger partial charge in [-0.2, -0.15) is 4.98 Å². The molecule has 0 atom stereocenters. The maximum atomic E-state index is 12.8. The number of carbonyl (C=O) groups excluding carboxylic acids is 1. The lowest BCUT2D eigenvalue weighted by Gasteiger charge is -2.22. The number of thiazole rings is 1. The van der Waals surface area contributed by atoms with Crippen molar-refractivity contribution in [3.63, 3.8) is 0 Å². The molecule has 0 aromatic carbocycles. The zero-order chi connectivity index (χ0) is 20.2. The molecule has 29 heavy (non-hydrogen) atoms. The number of nitrogens with one attached hydrogen (secondary N) is 1. The fourth-order valence-electron chi connectivity index (χ4n) is 3.40. The highest BCUT2D eigenvalue weighted by Crippen LogP contribution is 2.29. The molecule has 0 spiro atoms. The number of aryl methyl sites for hydroxylation is 1. The van der Waals surface area contributed by atoms with Crippen molar-refractivity contribution >= 4 is 34.1 Å². The van der Waals surface area contributed by atoms with E-state index in [1.807, 2.05) is 24.4 Å². The van der Waals surface area contributed by atoms with Gasteiger partial charge in [-0.1, -0.05) is 11.8 Å². The predicted octanol–water partition coefficient (Wildman–Crippen LogP) is 3.06. The summed E-state index contributed by atoms with van der Waals surface area (Å²) in [4.78, 5) is 37.7. The van der Waals surface area contributed by atoms with Crippen LogP contribution < -0.4 is 11.0 Å². The van der Waals surface area contributed by atoms with E-state index in [1.54, 1.807) is 17.0 Å². The summed E-state index contributed by atoms with van der Waals surface area (Å²) in [5.74, 6) is 0.0583. The molecule has 0 saturated carbocycles. The number of rotatable bonds is 6. The van der Waals surface area contributed by atoms with Gasteiger partial charge in [-0.15, -0.1) is 11.3 Å². The Morgan fingerprint density at radius 1 is 1.24 bits per heavy atom. The molecular weight excluding hydrogens is 406 g/mol. The highest BCUT2D eigenvalue weighted by molar-refractivity contribution is 8.00. The number of aromatic nitrogens is 4. The quantitative estimate of drug-likeness (QED) is 0.480. The Morgan fingerprint density at radius 3 is 2.79 bits per heavy atom. The highest BCUT2D eigenvalue weighted by Gasteiger charge is 2.21. The van der Waals surface area contributed by atoms with Crippen molar-refractivity contribution in [3.8, 4) is 0 Å². The van der Waals surface area contributed by atoms with Crippen molar-refractivity contribution in [3.05, 3.63) is 62.9 Å². The van der Waals surface area contributed by atoms with Gasteiger partial charge in [0.05, 0.1) is 18.0 Å². The van der Waals surface area contributed by atoms with Crippen LogP contribution in [0.3, 0.4) is 0 Å². The van der Waals surface area contributed by atoms with Gasteiger partial charge < -0.3 is 5.32 Å². The van der Waals surface area contributed by atoms with E-state index in [-0.39, 0.29) is 17.3 Å². The van der Waals surface area contributed by atoms with Crippen LogP contribution in [0.15, 0.2) is 39.7 Å². The summed E-state index contributed by atoms with van der Waals surface area (Å²) in [5, 5.41) is 5.97. The third-order valence-electron chi connectivity index (χ3n) is 4.75. The second kappa shape index (κ2) is 8.87. The fourth-order valence-corrected chi connectivity index (χ4v) is 4.98. The Kier molecular flexibility index (Phi) is 6.05. The summed E-state index contributed by atoms with van der Waals surface area (Å²) in [7, 11) is 0. The summed E-state index contributed by atoms with van der Waals surface area (Å²) in [5.41, 5.74) is 3.79. The minimum atomic E-state index is -0.263. The van der Waals surface area contributed by atoms with E-state index in [9.17, 15) is 9.59 Å². The third-order valence-corrected chi connectivity index (χ3v) is 6.64. The van der Waals surface area contributed by atoms with E-state index >= 15 is 0 Å². The molecule has 0 radical (unpaired) electrons. The number of hydrogen-bond acceptors (Lipinski definition) is 7. The van der Waals surface area contributed by atoms with Crippen LogP contribution in [0, 0.1) is 6.92 Å². The number of fused-ring (bicyclic) bond motifs is 1. The minimum absolute atomic E-state index is 0.142. The molecule has 150 valence electrons. The van der Waals surface area contributed by atoms with Gasteiger partial charge in [-0.3, -0.25) is 14.3 Å². The normalized spacial score (nSPS) is 13.1. The third kappa shape index (κ3) is 4.73. The number of nitrogens with zero attached hydrogens (tertiary/aromatic N) is 4. The number of carbonyl (C=O) groups is 1. The van der Waals surface area contributed by atoms with Crippen LogP contribution in [0.4, 0.5) is 5.13 Å². The van der Waals surface area contributed by atoms with E-state index in [1.165, 1.54) is 23.1 Å². The fraction of sp³-hybridized carbons (Fsp3) is 0.350. The van der Waals surface area contributed by atoms with Gasteiger partial charge >= 0.3 is 5.69 Å². The Labute approximate surface area is 176 Å². The molecule has 0 unspecified atom stereocenters. The van der Waals surface area contributed by atoms with Gasteiger partial charge in [0.25, 0.3) is 0 Å². The van der Waals surface area contributed by atoms with Crippen LogP contribution >= 0.6 is 23.1 Å². The molecule has 0 saturated heterocycles. The molecule has 7 nitrogen and oxygen atoms in total. The molecule has 9 heteroatoms. The second-order valence-corrected chi connectivity index (χ2v) is 8.73. The summed E-state index contributed by atoms with van der Waals surface area (Å²) in [6.45, 7) is 2.38. The van der Waals surface area contributed by atoms with Gasteiger partial charge in [0, 0.05) is 29.0 Å². The van der Waals surface area contributed by atoms with Crippen LogP contribution in [-0.4, -0.2) is 31.2 Å². The molecule has 4 rings (SSSR count). The minimum Gasteiger partial charge on any atom is -0.301 e. The SMILES string of the molecule is Cc1csc(NC(=O)CSc2nc(=O)n(Cc3ccncc3)c3c2CCCC3)n1. The number of hydrogen-bond donors (Lipinski definition) is 1. The highest BCUT2D eigenvalue weighted by atomic mass is 32.2. The Morgan fingerprint density at radius 2 is 2.03 bits per heavy atom. The van der Waals surface area contributed by atoms with Gasteiger partial charge in [0.2, 0.25) is 5.91 Å². The van der Waals surface area contributed by atoms with Crippen LogP contribution in [0.25, 0.3) is 0 Å². The van der Waals surface area contributed by atoms with Crippen molar-refractivity contribution in [2.75, 3.05) is 11.1 Å². The molecule has 0 bridgehead atoms. The zero-order valence-electron chi connectivity index (χ0n) is 16.1. The lowest BCUT2D eigenvalue weighted by Crippen LogP contribution is -2.30. The smallest absolute Gasteiger partial charge is 0.301 e. The first-order valence-electron chi connectivity index (χ1n) is 9.46. The molecule has 1 amide bonds. The average molecular weight is 428 g/mol. The molecule has 1 aliphatic rings. The monoisotopic (exact) mass is 427 g/mol. The number of pyridine rings is 1. The van der Waals surface area contributed by atoms with Crippen LogP contribution in [0.1, 0.15) is 35.4 Å². The Hall–Kier alpha value is -2.52. The summed E-state index contributed by atoms with van der Waals surface area (Å²) >= 11 is 2.73. The predicted molar refractivity (Wildman–Crippen MR) is 115 cm³/mol. The molecular formula is C20H21N5O2S2. The first kappa shape index (κ1) is 19.8. The number of anilines is 1. The Bertz CT molecular complexity index is 1080. The van der Waals surface area contributed by atoms with Crippen molar-refractivity contribution < 1.29 is 4.79 Å². The summed E-state index contributed by atoms with van der Waals surface area (Å²) in [6.07, 6.45) is 7.33. The number of thioether (sulfide) groups is 1. The topological polar surface area (TPSA) is 89.8 Å². The molecule has 0 fully saturated rings. The first-order chi connectivity index (χ1) is 14.1. The molecule has 3 heterocycles. The molecule has 3 aromatic heterocycles. The van der Waals surface area contributed by atoms with Gasteiger partial charge in [0.15, 0.2) is 5.13 Å². The van der Waals surface area contributed by atoms with Crippen LogP contribution in [-0.2, 0) is 24.2 Å². The maximum Gasteiger partial charge on any atom is 0.349 e. The van der Waals surface area contributed by atoms with Crippen molar-refractivity contribution in [1.82, 2.24) is 19.5 Å². The number of amides is 1. The van der Waals surface area contributed by atoms with Crippen molar-refractivity contribution in [1.29, 1.82) is 0 Å². The van der Waals surface area contributed by atoms with Crippen LogP contribution in [0.5, 0.6) is 0 Å². The zero-order valence-corrected chi connectivity index (χ0v) is 17.7. The van der Waals surface area contributed by atoms with Gasteiger partial charge in [0.1, 0.15) is 5.03 Å². The first-order valence-corrected chi connectivity index (χ1v) is 11.3. The summed E-state index contributed by atoms with van der Waals surface area (Å²) in [6, 6.07) is 3.82. The van der Waals surface area contributed by atoms with E-state index in [4.69, 9.17) is 0 Å². The lowest BCUT2D eigenvalue weighted by molar-refractivity contribution is -0.113. The van der Waals surface area contributed by atoms with Gasteiger partial charge in [-0.25, -0.2) is 9.78 Å².